The molecule has 8 heteroatoms. The Bertz CT molecular complexity index is 1950. The number of ketones is 1. The summed E-state index contributed by atoms with van der Waals surface area (Å²) in [7, 11) is -4.03. The summed E-state index contributed by atoms with van der Waals surface area (Å²) >= 11 is 0. The van der Waals surface area contributed by atoms with Gasteiger partial charge in [-0.2, -0.15) is 0 Å². The lowest BCUT2D eigenvalue weighted by molar-refractivity contribution is -0.148. The molecule has 2 atom stereocenters. The number of para-hydroxylation sites is 1. The first-order chi connectivity index (χ1) is 19.7. The van der Waals surface area contributed by atoms with Crippen LogP contribution in [0.4, 0.5) is 0 Å². The molecule has 0 saturated heterocycles. The molecule has 0 aliphatic carbocycles. The number of allylic oxidation sites excluding steroid dienone is 1. The van der Waals surface area contributed by atoms with Crippen molar-refractivity contribution in [3.05, 3.63) is 126 Å². The zero-order valence-corrected chi connectivity index (χ0v) is 23.4. The van der Waals surface area contributed by atoms with Crippen molar-refractivity contribution in [2.24, 2.45) is 0 Å². The Kier molecular flexibility index (Phi) is 6.50. The van der Waals surface area contributed by atoms with Crippen LogP contribution in [0.1, 0.15) is 36.1 Å². The van der Waals surface area contributed by atoms with Gasteiger partial charge < -0.3 is 10.1 Å². The summed E-state index contributed by atoms with van der Waals surface area (Å²) in [4.78, 5) is 27.1. The van der Waals surface area contributed by atoms with Crippen molar-refractivity contribution in [2.75, 3.05) is 0 Å². The minimum atomic E-state index is -4.03. The van der Waals surface area contributed by atoms with Crippen LogP contribution in [0.15, 0.2) is 114 Å². The zero-order valence-electron chi connectivity index (χ0n) is 22.6. The van der Waals surface area contributed by atoms with E-state index >= 15 is 0 Å². The van der Waals surface area contributed by atoms with Crippen LogP contribution in [0.2, 0.25) is 0 Å². The second-order valence-corrected chi connectivity index (χ2v) is 12.1. The Morgan fingerprint density at radius 1 is 0.927 bits per heavy atom. The van der Waals surface area contributed by atoms with Crippen molar-refractivity contribution < 1.29 is 22.7 Å². The first-order valence-corrected chi connectivity index (χ1v) is 14.7. The smallest absolute Gasteiger partial charge is 0.269 e. The van der Waals surface area contributed by atoms with E-state index in [1.54, 1.807) is 48.5 Å². The Morgan fingerprint density at radius 2 is 1.61 bits per heavy atom. The molecule has 2 heterocycles. The number of aromatic nitrogens is 1. The lowest BCUT2D eigenvalue weighted by atomic mass is 9.85. The van der Waals surface area contributed by atoms with E-state index in [1.807, 2.05) is 56.3 Å². The Labute approximate surface area is 238 Å². The van der Waals surface area contributed by atoms with Gasteiger partial charge in [0.25, 0.3) is 15.9 Å². The van der Waals surface area contributed by atoms with Gasteiger partial charge in [0, 0.05) is 23.2 Å². The molecule has 0 fully saturated rings. The molecule has 1 aliphatic heterocycles. The third kappa shape index (κ3) is 4.50. The first kappa shape index (κ1) is 26.5. The van der Waals surface area contributed by atoms with Gasteiger partial charge in [-0.25, -0.2) is 12.4 Å². The molecule has 1 N–H and O–H groups in total. The van der Waals surface area contributed by atoms with Gasteiger partial charge in [0.1, 0.15) is 0 Å². The maximum absolute atomic E-state index is 14.2. The summed E-state index contributed by atoms with van der Waals surface area (Å²) in [5.74, 6) is -0.839. The van der Waals surface area contributed by atoms with E-state index in [-0.39, 0.29) is 17.1 Å². The molecule has 5 aromatic rings. The van der Waals surface area contributed by atoms with E-state index in [9.17, 15) is 18.0 Å². The van der Waals surface area contributed by atoms with E-state index in [1.165, 1.54) is 18.5 Å². The Hall–Kier alpha value is -4.69. The summed E-state index contributed by atoms with van der Waals surface area (Å²) in [6.45, 7) is 3.76. The molecule has 206 valence electrons. The zero-order chi connectivity index (χ0) is 28.8. The van der Waals surface area contributed by atoms with Crippen molar-refractivity contribution in [3.8, 4) is 0 Å². The molecule has 4 aromatic carbocycles. The van der Waals surface area contributed by atoms with Crippen LogP contribution in [-0.4, -0.2) is 24.1 Å². The van der Waals surface area contributed by atoms with Crippen molar-refractivity contribution in [1.82, 2.24) is 9.29 Å². The number of nitrogens with one attached hydrogen (secondary N) is 1. The second-order valence-electron chi connectivity index (χ2n) is 10.3. The molecule has 0 spiro atoms. The molecule has 7 nitrogen and oxygen atoms in total. The summed E-state index contributed by atoms with van der Waals surface area (Å²) in [5.41, 5.74) is 0.734. The number of hydrogen-bond acceptors (Lipinski definition) is 5. The van der Waals surface area contributed by atoms with Crippen LogP contribution >= 0.6 is 0 Å². The number of carbonyl (C=O) groups excluding carboxylic acids is 2. The predicted molar refractivity (Wildman–Crippen MR) is 158 cm³/mol. The summed E-state index contributed by atoms with van der Waals surface area (Å²) in [6.07, 6.45) is 3.63. The highest BCUT2D eigenvalue weighted by Crippen LogP contribution is 2.40. The second kappa shape index (κ2) is 10.1. The standard InChI is InChI=1S/C33H28N2O5S/c1-22-14-16-26(17-15-22)41(38,39)35-21-30(29-11-5-6-13-31(29)35)33(20-25(36)18-19-40-33)32(37)34-23(2)27-12-7-9-24-8-3-4-10-28(24)27/h3-19,21,23H,20H2,1-2H3,(H,34,37)/t23-,33?/m1/s1. The Balaban J connectivity index is 1.48. The molecule has 0 saturated carbocycles. The number of aryl methyl sites for hydroxylation is 1. The first-order valence-electron chi connectivity index (χ1n) is 13.3. The normalized spacial score (nSPS) is 17.9. The highest BCUT2D eigenvalue weighted by Gasteiger charge is 2.48. The lowest BCUT2D eigenvalue weighted by Gasteiger charge is -2.34. The molecule has 0 bridgehead atoms. The maximum atomic E-state index is 14.2. The van der Waals surface area contributed by atoms with Crippen LogP contribution in [0.25, 0.3) is 21.7 Å². The monoisotopic (exact) mass is 564 g/mol. The number of benzene rings is 4. The average molecular weight is 565 g/mol. The number of ether oxygens (including phenoxy) is 1. The molecule has 1 aliphatic rings. The summed E-state index contributed by atoms with van der Waals surface area (Å²) < 4.78 is 34.8. The number of amides is 1. The molecule has 1 amide bonds. The van der Waals surface area contributed by atoms with Gasteiger partial charge in [-0.1, -0.05) is 78.4 Å². The number of carbonyl (C=O) groups is 2. The maximum Gasteiger partial charge on any atom is 0.269 e. The molecule has 41 heavy (non-hydrogen) atoms. The van der Waals surface area contributed by atoms with E-state index in [2.05, 4.69) is 5.32 Å². The number of nitrogens with zero attached hydrogens (tertiary/aromatic N) is 1. The van der Waals surface area contributed by atoms with Crippen molar-refractivity contribution >= 4 is 43.4 Å². The predicted octanol–water partition coefficient (Wildman–Crippen LogP) is 5.92. The van der Waals surface area contributed by atoms with E-state index in [0.717, 1.165) is 25.9 Å². The van der Waals surface area contributed by atoms with E-state index < -0.39 is 27.6 Å². The highest BCUT2D eigenvalue weighted by atomic mass is 32.2. The minimum Gasteiger partial charge on any atom is -0.480 e. The third-order valence-electron chi connectivity index (χ3n) is 7.64. The van der Waals surface area contributed by atoms with Crippen molar-refractivity contribution in [1.29, 1.82) is 0 Å². The van der Waals surface area contributed by atoms with Crippen LogP contribution in [-0.2, 0) is 30.0 Å². The summed E-state index contributed by atoms with van der Waals surface area (Å²) in [6, 6.07) is 26.8. The molecule has 6 rings (SSSR count). The van der Waals surface area contributed by atoms with Gasteiger partial charge in [0.05, 0.1) is 29.1 Å². The van der Waals surface area contributed by atoms with Crippen molar-refractivity contribution in [2.45, 2.75) is 36.8 Å². The fraction of sp³-hybridized carbons (Fsp3) is 0.152. The lowest BCUT2D eigenvalue weighted by Crippen LogP contribution is -2.48. The van der Waals surface area contributed by atoms with Crippen LogP contribution in [0.3, 0.4) is 0 Å². The number of hydrogen-bond donors (Lipinski definition) is 1. The fourth-order valence-corrected chi connectivity index (χ4v) is 6.87. The quantitative estimate of drug-likeness (QED) is 0.277. The van der Waals surface area contributed by atoms with Gasteiger partial charge in [-0.15, -0.1) is 0 Å². The molecule has 1 aromatic heterocycles. The SMILES string of the molecule is Cc1ccc(S(=O)(=O)n2cc(C3(C(=O)N[C@H](C)c4cccc5ccccc45)CC(=O)C=CO3)c3ccccc32)cc1. The Morgan fingerprint density at radius 3 is 2.37 bits per heavy atom. The van der Waals surface area contributed by atoms with Gasteiger partial charge in [0.15, 0.2) is 5.78 Å². The number of rotatable bonds is 6. The molecular formula is C33H28N2O5S. The third-order valence-corrected chi connectivity index (χ3v) is 9.33. The largest absolute Gasteiger partial charge is 0.480 e. The molecular weight excluding hydrogens is 536 g/mol. The van der Waals surface area contributed by atoms with Gasteiger partial charge in [0.2, 0.25) is 5.60 Å². The molecule has 0 radical (unpaired) electrons. The number of fused-ring (bicyclic) bond motifs is 2. The van der Waals surface area contributed by atoms with Crippen LogP contribution in [0, 0.1) is 6.92 Å². The van der Waals surface area contributed by atoms with E-state index in [0.29, 0.717) is 16.5 Å². The minimum absolute atomic E-state index is 0.110. The van der Waals surface area contributed by atoms with Crippen molar-refractivity contribution in [3.63, 3.8) is 0 Å². The van der Waals surface area contributed by atoms with Gasteiger partial charge in [-0.05, 0) is 48.4 Å². The van der Waals surface area contributed by atoms with Gasteiger partial charge in [-0.3, -0.25) is 9.59 Å². The van der Waals surface area contributed by atoms with Crippen LogP contribution in [0.5, 0.6) is 0 Å². The van der Waals surface area contributed by atoms with E-state index in [4.69, 9.17) is 4.74 Å². The average Bonchev–Trinajstić information content (AvgIpc) is 3.38. The molecule has 1 unspecified atom stereocenters. The topological polar surface area (TPSA) is 94.5 Å². The van der Waals surface area contributed by atoms with Crippen LogP contribution < -0.4 is 5.32 Å². The van der Waals surface area contributed by atoms with Gasteiger partial charge >= 0.3 is 0 Å². The summed E-state index contributed by atoms with van der Waals surface area (Å²) in [5, 5.41) is 5.60. The highest BCUT2D eigenvalue weighted by molar-refractivity contribution is 7.90. The fourth-order valence-electron chi connectivity index (χ4n) is 5.50.